The van der Waals surface area contributed by atoms with E-state index >= 15 is 0 Å². The van der Waals surface area contributed by atoms with Crippen LogP contribution in [0.4, 0.5) is 0 Å². The van der Waals surface area contributed by atoms with Gasteiger partial charge in [0.15, 0.2) is 0 Å². The van der Waals surface area contributed by atoms with Crippen LogP contribution in [0, 0.1) is 5.92 Å². The fourth-order valence-electron chi connectivity index (χ4n) is 1.21. The van der Waals surface area contributed by atoms with E-state index in [2.05, 4.69) is 4.72 Å². The number of aliphatic hydroxyl groups is 1. The number of rotatable bonds is 5. The quantitative estimate of drug-likeness (QED) is 0.771. The van der Waals surface area contributed by atoms with Crippen molar-refractivity contribution in [2.24, 2.45) is 5.92 Å². The molecule has 2 N–H and O–H groups in total. The lowest BCUT2D eigenvalue weighted by Gasteiger charge is -2.01. The predicted molar refractivity (Wildman–Crippen MR) is 52.5 cm³/mol. The third-order valence-corrected chi connectivity index (χ3v) is 3.61. The third-order valence-electron chi connectivity index (χ3n) is 2.32. The summed E-state index contributed by atoms with van der Waals surface area (Å²) in [4.78, 5) is 0. The van der Waals surface area contributed by atoms with Crippen molar-refractivity contribution in [3.05, 3.63) is 17.9 Å². The number of furan rings is 1. The van der Waals surface area contributed by atoms with Gasteiger partial charge in [-0.2, -0.15) is 0 Å². The maximum Gasteiger partial charge on any atom is 0.273 e. The first kappa shape index (κ1) is 10.7. The molecule has 1 aliphatic rings. The molecule has 0 bridgehead atoms. The Kier molecular flexibility index (Phi) is 2.81. The molecule has 0 spiro atoms. The zero-order valence-corrected chi connectivity index (χ0v) is 8.96. The molecule has 0 unspecified atom stereocenters. The van der Waals surface area contributed by atoms with Crippen LogP contribution >= 0.6 is 0 Å². The van der Waals surface area contributed by atoms with Crippen LogP contribution in [0.3, 0.4) is 0 Å². The summed E-state index contributed by atoms with van der Waals surface area (Å²) < 4.78 is 30.6. The minimum absolute atomic E-state index is 0.132. The first-order valence-corrected chi connectivity index (χ1v) is 6.29. The molecule has 1 saturated carbocycles. The Morgan fingerprint density at radius 2 is 2.20 bits per heavy atom. The summed E-state index contributed by atoms with van der Waals surface area (Å²) in [5, 5.41) is 8.60. The number of aliphatic hydroxyl groups excluding tert-OH is 1. The molecule has 15 heavy (non-hydrogen) atoms. The van der Waals surface area contributed by atoms with Gasteiger partial charge >= 0.3 is 0 Å². The second-order valence-corrected chi connectivity index (χ2v) is 5.37. The van der Waals surface area contributed by atoms with Crippen molar-refractivity contribution in [2.45, 2.75) is 24.5 Å². The van der Waals surface area contributed by atoms with Crippen LogP contribution in [0.15, 0.2) is 21.6 Å². The van der Waals surface area contributed by atoms with Crippen LogP contribution < -0.4 is 4.72 Å². The number of sulfonamides is 1. The van der Waals surface area contributed by atoms with Crippen molar-refractivity contribution < 1.29 is 17.9 Å². The largest absolute Gasteiger partial charge is 0.446 e. The van der Waals surface area contributed by atoms with Crippen molar-refractivity contribution in [3.63, 3.8) is 0 Å². The molecule has 84 valence electrons. The van der Waals surface area contributed by atoms with Crippen LogP contribution in [0.1, 0.15) is 18.6 Å². The maximum atomic E-state index is 11.6. The molecule has 0 radical (unpaired) electrons. The second kappa shape index (κ2) is 3.96. The van der Waals surface area contributed by atoms with E-state index in [0.29, 0.717) is 12.5 Å². The fourth-order valence-corrected chi connectivity index (χ4v) is 2.27. The van der Waals surface area contributed by atoms with E-state index in [4.69, 9.17) is 9.52 Å². The van der Waals surface area contributed by atoms with Gasteiger partial charge in [-0.1, -0.05) is 0 Å². The molecular formula is C9H13NO4S. The van der Waals surface area contributed by atoms with E-state index in [9.17, 15) is 8.42 Å². The first-order chi connectivity index (χ1) is 7.12. The van der Waals surface area contributed by atoms with Gasteiger partial charge in [-0.3, -0.25) is 0 Å². The summed E-state index contributed by atoms with van der Waals surface area (Å²) in [5.41, 5.74) is 0. The molecule has 0 aliphatic heterocycles. The lowest BCUT2D eigenvalue weighted by atomic mass is 10.4. The van der Waals surface area contributed by atoms with Gasteiger partial charge in [-0.15, -0.1) is 0 Å². The predicted octanol–water partition coefficient (Wildman–Crippen LogP) is 0.460. The molecule has 1 aromatic rings. The SMILES string of the molecule is O=S(=O)(NCC1CC1)c1ccc(CO)o1. The van der Waals surface area contributed by atoms with Crippen LogP contribution in [-0.4, -0.2) is 20.1 Å². The van der Waals surface area contributed by atoms with Gasteiger partial charge in [-0.05, 0) is 30.9 Å². The molecule has 5 nitrogen and oxygen atoms in total. The molecule has 0 saturated heterocycles. The Labute approximate surface area is 88.1 Å². The molecule has 1 heterocycles. The summed E-state index contributed by atoms with van der Waals surface area (Å²) in [5.74, 6) is 0.730. The van der Waals surface area contributed by atoms with Crippen molar-refractivity contribution in [2.75, 3.05) is 6.54 Å². The van der Waals surface area contributed by atoms with Crippen LogP contribution in [0.2, 0.25) is 0 Å². The molecule has 0 aromatic carbocycles. The Balaban J connectivity index is 2.05. The Bertz CT molecular complexity index is 433. The molecular weight excluding hydrogens is 218 g/mol. The topological polar surface area (TPSA) is 79.5 Å². The summed E-state index contributed by atoms with van der Waals surface area (Å²) in [6.45, 7) is 0.176. The highest BCUT2D eigenvalue weighted by molar-refractivity contribution is 7.89. The first-order valence-electron chi connectivity index (χ1n) is 4.81. The lowest BCUT2D eigenvalue weighted by molar-refractivity contribution is 0.236. The second-order valence-electron chi connectivity index (χ2n) is 3.67. The Morgan fingerprint density at radius 1 is 1.47 bits per heavy atom. The maximum absolute atomic E-state index is 11.6. The van der Waals surface area contributed by atoms with Crippen LogP contribution in [0.25, 0.3) is 0 Å². The monoisotopic (exact) mass is 231 g/mol. The van der Waals surface area contributed by atoms with Gasteiger partial charge in [0.1, 0.15) is 12.4 Å². The number of hydrogen-bond donors (Lipinski definition) is 2. The van der Waals surface area contributed by atoms with E-state index in [-0.39, 0.29) is 17.5 Å². The zero-order chi connectivity index (χ0) is 10.9. The van der Waals surface area contributed by atoms with Crippen molar-refractivity contribution in [3.8, 4) is 0 Å². The van der Waals surface area contributed by atoms with Crippen LogP contribution in [-0.2, 0) is 16.6 Å². The van der Waals surface area contributed by atoms with Gasteiger partial charge in [0, 0.05) is 6.54 Å². The van der Waals surface area contributed by atoms with E-state index in [1.807, 2.05) is 0 Å². The van der Waals surface area contributed by atoms with Gasteiger partial charge in [-0.25, -0.2) is 13.1 Å². The lowest BCUT2D eigenvalue weighted by Crippen LogP contribution is -2.25. The van der Waals surface area contributed by atoms with Gasteiger partial charge in [0.05, 0.1) is 0 Å². The number of hydrogen-bond acceptors (Lipinski definition) is 4. The molecule has 1 aromatic heterocycles. The average Bonchev–Trinajstić information content (AvgIpc) is 2.90. The summed E-state index contributed by atoms with van der Waals surface area (Å²) in [7, 11) is -3.53. The average molecular weight is 231 g/mol. The molecule has 0 amide bonds. The fraction of sp³-hybridized carbons (Fsp3) is 0.556. The molecule has 0 atom stereocenters. The molecule has 6 heteroatoms. The molecule has 1 fully saturated rings. The Morgan fingerprint density at radius 3 is 2.73 bits per heavy atom. The summed E-state index contributed by atoms with van der Waals surface area (Å²) in [6, 6.07) is 2.80. The minimum atomic E-state index is -3.53. The van der Waals surface area contributed by atoms with Gasteiger partial charge in [0.25, 0.3) is 10.0 Å². The van der Waals surface area contributed by atoms with Gasteiger partial charge in [0.2, 0.25) is 5.09 Å². The van der Waals surface area contributed by atoms with Crippen molar-refractivity contribution in [1.82, 2.24) is 4.72 Å². The Hall–Kier alpha value is -0.850. The standard InChI is InChI=1S/C9H13NO4S/c11-6-8-3-4-9(14-8)15(12,13)10-5-7-1-2-7/h3-4,7,10-11H,1-2,5-6H2. The highest BCUT2D eigenvalue weighted by atomic mass is 32.2. The van der Waals surface area contributed by atoms with Crippen LogP contribution in [0.5, 0.6) is 0 Å². The summed E-state index contributed by atoms with van der Waals surface area (Å²) in [6.07, 6.45) is 2.17. The highest BCUT2D eigenvalue weighted by Gasteiger charge is 2.25. The van der Waals surface area contributed by atoms with Crippen molar-refractivity contribution in [1.29, 1.82) is 0 Å². The van der Waals surface area contributed by atoms with Crippen molar-refractivity contribution >= 4 is 10.0 Å². The third kappa shape index (κ3) is 2.58. The zero-order valence-electron chi connectivity index (χ0n) is 8.14. The minimum Gasteiger partial charge on any atom is -0.446 e. The summed E-state index contributed by atoms with van der Waals surface area (Å²) >= 11 is 0. The smallest absolute Gasteiger partial charge is 0.273 e. The van der Waals surface area contributed by atoms with E-state index in [0.717, 1.165) is 12.8 Å². The highest BCUT2D eigenvalue weighted by Crippen LogP contribution is 2.28. The molecule has 1 aliphatic carbocycles. The van der Waals surface area contributed by atoms with E-state index < -0.39 is 10.0 Å². The van der Waals surface area contributed by atoms with E-state index in [1.54, 1.807) is 0 Å². The van der Waals surface area contributed by atoms with E-state index in [1.165, 1.54) is 12.1 Å². The van der Waals surface area contributed by atoms with Gasteiger partial charge < -0.3 is 9.52 Å². The number of nitrogens with one attached hydrogen (secondary N) is 1. The molecule has 2 rings (SSSR count). The normalized spacial score (nSPS) is 16.9.